The fourth-order valence-electron chi connectivity index (χ4n) is 4.22. The zero-order chi connectivity index (χ0) is 14.7. The van der Waals surface area contributed by atoms with Crippen LogP contribution < -0.4 is 5.73 Å². The molecule has 1 aliphatic heterocycles. The monoisotopic (exact) mass is 351 g/mol. The molecule has 21 heavy (non-hydrogen) atoms. The van der Waals surface area contributed by atoms with Crippen LogP contribution in [0.25, 0.3) is 0 Å². The fraction of sp³-hybridized carbons (Fsp3) is 0.706. The zero-order valence-electron chi connectivity index (χ0n) is 12.7. The summed E-state index contributed by atoms with van der Waals surface area (Å²) >= 11 is 3.52. The highest BCUT2D eigenvalue weighted by Gasteiger charge is 2.37. The van der Waals surface area contributed by atoms with Crippen molar-refractivity contribution < 1.29 is 0 Å². The summed E-state index contributed by atoms with van der Waals surface area (Å²) in [4.78, 5) is 6.87. The zero-order valence-corrected chi connectivity index (χ0v) is 14.3. The van der Waals surface area contributed by atoms with Gasteiger partial charge >= 0.3 is 0 Å². The molecule has 1 saturated carbocycles. The molecule has 116 valence electrons. The van der Waals surface area contributed by atoms with E-state index in [1.165, 1.54) is 63.6 Å². The molecule has 2 N–H and O–H groups in total. The SMILES string of the molecule is NCC(c1cncc(Br)c1)N1CCC2(CCCCC2)CC1. The van der Waals surface area contributed by atoms with Crippen molar-refractivity contribution in [2.45, 2.75) is 51.0 Å². The van der Waals surface area contributed by atoms with Gasteiger partial charge in [-0.15, -0.1) is 0 Å². The molecule has 2 aliphatic rings. The van der Waals surface area contributed by atoms with Gasteiger partial charge in [-0.25, -0.2) is 0 Å². The van der Waals surface area contributed by atoms with E-state index in [9.17, 15) is 0 Å². The summed E-state index contributed by atoms with van der Waals surface area (Å²) < 4.78 is 1.04. The maximum atomic E-state index is 6.07. The molecule has 3 rings (SSSR count). The number of aromatic nitrogens is 1. The molecule has 1 saturated heterocycles. The van der Waals surface area contributed by atoms with Crippen molar-refractivity contribution >= 4 is 15.9 Å². The van der Waals surface area contributed by atoms with Gasteiger partial charge in [-0.05, 0) is 71.7 Å². The van der Waals surface area contributed by atoms with Gasteiger partial charge in [0, 0.05) is 29.5 Å². The number of nitrogens with two attached hydrogens (primary N) is 1. The number of hydrogen-bond donors (Lipinski definition) is 1. The van der Waals surface area contributed by atoms with Gasteiger partial charge in [0.2, 0.25) is 0 Å². The van der Waals surface area contributed by atoms with Crippen LogP contribution in [0.5, 0.6) is 0 Å². The van der Waals surface area contributed by atoms with Gasteiger partial charge in [0.05, 0.1) is 0 Å². The van der Waals surface area contributed by atoms with Crippen LogP contribution in [0.2, 0.25) is 0 Å². The maximum absolute atomic E-state index is 6.07. The van der Waals surface area contributed by atoms with Crippen LogP contribution in [0.3, 0.4) is 0 Å². The fourth-order valence-corrected chi connectivity index (χ4v) is 4.60. The number of hydrogen-bond acceptors (Lipinski definition) is 3. The smallest absolute Gasteiger partial charge is 0.0486 e. The van der Waals surface area contributed by atoms with E-state index in [2.05, 4.69) is 31.9 Å². The molecule has 0 radical (unpaired) electrons. The molecule has 0 amide bonds. The lowest BCUT2D eigenvalue weighted by Gasteiger charge is -2.46. The van der Waals surface area contributed by atoms with Gasteiger partial charge in [0.15, 0.2) is 0 Å². The van der Waals surface area contributed by atoms with Crippen LogP contribution in [0.1, 0.15) is 56.6 Å². The van der Waals surface area contributed by atoms with E-state index in [1.54, 1.807) is 0 Å². The topological polar surface area (TPSA) is 42.1 Å². The van der Waals surface area contributed by atoms with E-state index < -0.39 is 0 Å². The number of likely N-dealkylation sites (tertiary alicyclic amines) is 1. The van der Waals surface area contributed by atoms with E-state index in [0.29, 0.717) is 18.0 Å². The third-order valence-electron chi connectivity index (χ3n) is 5.55. The molecule has 1 aromatic rings. The largest absolute Gasteiger partial charge is 0.329 e. The highest BCUT2D eigenvalue weighted by atomic mass is 79.9. The van der Waals surface area contributed by atoms with Crippen LogP contribution in [0.15, 0.2) is 22.9 Å². The Morgan fingerprint density at radius 1 is 1.14 bits per heavy atom. The van der Waals surface area contributed by atoms with Crippen molar-refractivity contribution in [3.63, 3.8) is 0 Å². The lowest BCUT2D eigenvalue weighted by Crippen LogP contribution is -2.44. The summed E-state index contributed by atoms with van der Waals surface area (Å²) in [6, 6.07) is 2.48. The summed E-state index contributed by atoms with van der Waals surface area (Å²) in [5, 5.41) is 0. The molecule has 0 bridgehead atoms. The number of pyridine rings is 1. The highest BCUT2D eigenvalue weighted by Crippen LogP contribution is 2.45. The van der Waals surface area contributed by atoms with Gasteiger partial charge in [-0.2, -0.15) is 0 Å². The summed E-state index contributed by atoms with van der Waals surface area (Å²) in [5.74, 6) is 0. The van der Waals surface area contributed by atoms with Gasteiger partial charge in [-0.3, -0.25) is 9.88 Å². The Hall–Kier alpha value is -0.450. The number of rotatable bonds is 3. The van der Waals surface area contributed by atoms with Gasteiger partial charge in [0.25, 0.3) is 0 Å². The van der Waals surface area contributed by atoms with Crippen molar-refractivity contribution in [2.24, 2.45) is 11.1 Å². The summed E-state index contributed by atoms with van der Waals surface area (Å²) in [6.45, 7) is 3.05. The minimum Gasteiger partial charge on any atom is -0.329 e. The van der Waals surface area contributed by atoms with Crippen molar-refractivity contribution in [1.82, 2.24) is 9.88 Å². The molecule has 1 aromatic heterocycles. The van der Waals surface area contributed by atoms with E-state index >= 15 is 0 Å². The quantitative estimate of drug-likeness (QED) is 0.897. The normalized spacial score (nSPS) is 24.1. The first-order valence-corrected chi connectivity index (χ1v) is 9.06. The Kier molecular flexibility index (Phi) is 4.97. The van der Waals surface area contributed by atoms with E-state index in [4.69, 9.17) is 5.73 Å². The average Bonchev–Trinajstić information content (AvgIpc) is 2.51. The molecular weight excluding hydrogens is 326 g/mol. The molecule has 2 heterocycles. The molecule has 4 heteroatoms. The van der Waals surface area contributed by atoms with Crippen LogP contribution in [-0.2, 0) is 0 Å². The average molecular weight is 352 g/mol. The third kappa shape index (κ3) is 3.49. The van der Waals surface area contributed by atoms with E-state index in [0.717, 1.165) is 4.47 Å². The number of piperidine rings is 1. The van der Waals surface area contributed by atoms with Crippen LogP contribution >= 0.6 is 15.9 Å². The first-order chi connectivity index (χ1) is 10.2. The van der Waals surface area contributed by atoms with Crippen molar-refractivity contribution in [2.75, 3.05) is 19.6 Å². The lowest BCUT2D eigenvalue weighted by molar-refractivity contribution is 0.0463. The standard InChI is InChI=1S/C17H26BrN3/c18-15-10-14(12-20-13-15)16(11-19)21-8-6-17(7-9-21)4-2-1-3-5-17/h10,12-13,16H,1-9,11,19H2. The van der Waals surface area contributed by atoms with Crippen molar-refractivity contribution in [1.29, 1.82) is 0 Å². The van der Waals surface area contributed by atoms with Crippen molar-refractivity contribution in [3.05, 3.63) is 28.5 Å². The Morgan fingerprint density at radius 2 is 1.86 bits per heavy atom. The number of nitrogens with zero attached hydrogens (tertiary/aromatic N) is 2. The van der Waals surface area contributed by atoms with Crippen LogP contribution in [0.4, 0.5) is 0 Å². The Labute approximate surface area is 136 Å². The first-order valence-electron chi connectivity index (χ1n) is 8.27. The summed E-state index contributed by atoms with van der Waals surface area (Å²) in [5.41, 5.74) is 7.97. The highest BCUT2D eigenvalue weighted by molar-refractivity contribution is 9.10. The van der Waals surface area contributed by atoms with E-state index in [-0.39, 0.29) is 0 Å². The predicted octanol–water partition coefficient (Wildman–Crippen LogP) is 3.89. The lowest BCUT2D eigenvalue weighted by atomic mass is 9.68. The molecule has 0 aromatic carbocycles. The first kappa shape index (κ1) is 15.4. The number of halogens is 1. The molecule has 1 spiro atoms. The van der Waals surface area contributed by atoms with Gasteiger partial charge in [-0.1, -0.05) is 19.3 Å². The minimum absolute atomic E-state index is 0.316. The Morgan fingerprint density at radius 3 is 2.48 bits per heavy atom. The molecule has 2 fully saturated rings. The van der Waals surface area contributed by atoms with Crippen LogP contribution in [0, 0.1) is 5.41 Å². The summed E-state index contributed by atoms with van der Waals surface area (Å²) in [7, 11) is 0. The van der Waals surface area contributed by atoms with Crippen molar-refractivity contribution in [3.8, 4) is 0 Å². The van der Waals surface area contributed by atoms with Crippen LogP contribution in [-0.4, -0.2) is 29.5 Å². The van der Waals surface area contributed by atoms with Gasteiger partial charge in [0.1, 0.15) is 0 Å². The second-order valence-corrected chi connectivity index (χ2v) is 7.70. The minimum atomic E-state index is 0.316. The second-order valence-electron chi connectivity index (χ2n) is 6.78. The molecule has 1 atom stereocenters. The maximum Gasteiger partial charge on any atom is 0.0486 e. The second kappa shape index (κ2) is 6.76. The predicted molar refractivity (Wildman–Crippen MR) is 90.1 cm³/mol. The molecular formula is C17H26BrN3. The molecule has 3 nitrogen and oxygen atoms in total. The Bertz CT molecular complexity index is 461. The summed E-state index contributed by atoms with van der Waals surface area (Å²) in [6.07, 6.45) is 13.7. The third-order valence-corrected chi connectivity index (χ3v) is 5.98. The Balaban J connectivity index is 1.67. The van der Waals surface area contributed by atoms with E-state index in [1.807, 2.05) is 12.4 Å². The molecule has 1 aliphatic carbocycles. The molecule has 1 unspecified atom stereocenters. The van der Waals surface area contributed by atoms with Gasteiger partial charge < -0.3 is 5.73 Å².